The summed E-state index contributed by atoms with van der Waals surface area (Å²) in [6.45, 7) is 6.14. The molecule has 4 nitrogen and oxygen atoms in total. The molecule has 0 saturated carbocycles. The van der Waals surface area contributed by atoms with E-state index in [1.54, 1.807) is 17.6 Å². The van der Waals surface area contributed by atoms with E-state index in [0.29, 0.717) is 5.92 Å². The molecule has 0 fully saturated rings. The summed E-state index contributed by atoms with van der Waals surface area (Å²) in [5.41, 5.74) is 4.71. The lowest BCUT2D eigenvalue weighted by atomic mass is 10.0. The zero-order valence-corrected chi connectivity index (χ0v) is 13.8. The molecule has 0 aliphatic heterocycles. The summed E-state index contributed by atoms with van der Waals surface area (Å²) in [6, 6.07) is 9.77. The van der Waals surface area contributed by atoms with Crippen molar-refractivity contribution in [2.75, 3.05) is 6.61 Å². The van der Waals surface area contributed by atoms with Crippen molar-refractivity contribution in [3.63, 3.8) is 0 Å². The largest absolute Gasteiger partial charge is 0.483 e. The van der Waals surface area contributed by atoms with Crippen molar-refractivity contribution >= 4 is 23.5 Å². The van der Waals surface area contributed by atoms with Crippen molar-refractivity contribution in [1.29, 1.82) is 0 Å². The molecular weight excluding hydrogens is 296 g/mol. The lowest BCUT2D eigenvalue weighted by Gasteiger charge is -2.12. The third kappa shape index (κ3) is 4.43. The fraction of sp³-hybridized carbons (Fsp3) is 0.294. The predicted octanol–water partition coefficient (Wildman–Crippen LogP) is 3.71. The number of carbonyl (C=O) groups is 1. The average Bonchev–Trinajstić information content (AvgIpc) is 2.91. The van der Waals surface area contributed by atoms with E-state index in [1.165, 1.54) is 0 Å². The molecular formula is C17H20N2O2S. The quantitative estimate of drug-likeness (QED) is 0.652. The maximum atomic E-state index is 11.8. The molecule has 22 heavy (non-hydrogen) atoms. The number of amides is 1. The zero-order valence-electron chi connectivity index (χ0n) is 13.0. The normalized spacial score (nSPS) is 11.1. The molecule has 1 aromatic heterocycles. The Morgan fingerprint density at radius 2 is 2.14 bits per heavy atom. The second kappa shape index (κ2) is 7.75. The first kappa shape index (κ1) is 16.2. The highest BCUT2D eigenvalue weighted by atomic mass is 32.1. The first-order valence-electron chi connectivity index (χ1n) is 7.15. The van der Waals surface area contributed by atoms with E-state index in [0.717, 1.165) is 21.8 Å². The predicted molar refractivity (Wildman–Crippen MR) is 90.8 cm³/mol. The van der Waals surface area contributed by atoms with Crippen LogP contribution in [0.5, 0.6) is 5.75 Å². The highest BCUT2D eigenvalue weighted by molar-refractivity contribution is 7.11. The summed E-state index contributed by atoms with van der Waals surface area (Å²) in [5.74, 6) is 0.814. The Morgan fingerprint density at radius 3 is 2.82 bits per heavy atom. The molecule has 0 bridgehead atoms. The van der Waals surface area contributed by atoms with Gasteiger partial charge in [-0.15, -0.1) is 11.3 Å². The number of rotatable bonds is 6. The van der Waals surface area contributed by atoms with Crippen LogP contribution in [0.15, 0.2) is 40.8 Å². The molecule has 0 radical (unpaired) electrons. The Morgan fingerprint density at radius 1 is 1.36 bits per heavy atom. The van der Waals surface area contributed by atoms with E-state index in [-0.39, 0.29) is 12.5 Å². The van der Waals surface area contributed by atoms with Crippen LogP contribution in [-0.4, -0.2) is 18.7 Å². The Hall–Kier alpha value is -2.14. The number of carbonyl (C=O) groups excluding carboxylic acids is 1. The molecule has 1 aromatic carbocycles. The third-order valence-corrected chi connectivity index (χ3v) is 4.13. The molecule has 2 rings (SSSR count). The molecule has 5 heteroatoms. The summed E-state index contributed by atoms with van der Waals surface area (Å²) in [5, 5.41) is 5.94. The Bertz CT molecular complexity index is 662. The molecule has 0 unspecified atom stereocenters. The fourth-order valence-corrected chi connectivity index (χ4v) is 2.73. The molecule has 0 saturated heterocycles. The number of para-hydroxylation sites is 1. The van der Waals surface area contributed by atoms with Crippen molar-refractivity contribution in [2.24, 2.45) is 5.10 Å². The molecule has 0 atom stereocenters. The van der Waals surface area contributed by atoms with Gasteiger partial charge in [0, 0.05) is 4.88 Å². The van der Waals surface area contributed by atoms with Crippen LogP contribution in [0.4, 0.5) is 0 Å². The number of hydrogen-bond donors (Lipinski definition) is 1. The topological polar surface area (TPSA) is 50.7 Å². The van der Waals surface area contributed by atoms with E-state index < -0.39 is 0 Å². The SMILES string of the molecule is Cc1ccsc1/C=N/NC(=O)COc1ccccc1C(C)C. The third-order valence-electron chi connectivity index (χ3n) is 3.17. The second-order valence-corrected chi connectivity index (χ2v) is 6.19. The minimum atomic E-state index is -0.274. The van der Waals surface area contributed by atoms with Gasteiger partial charge in [0.25, 0.3) is 5.91 Å². The summed E-state index contributed by atoms with van der Waals surface area (Å²) >= 11 is 1.58. The molecule has 116 valence electrons. The van der Waals surface area contributed by atoms with Crippen LogP contribution in [0.3, 0.4) is 0 Å². The maximum Gasteiger partial charge on any atom is 0.277 e. The van der Waals surface area contributed by atoms with E-state index in [1.807, 2.05) is 42.6 Å². The monoisotopic (exact) mass is 316 g/mol. The van der Waals surface area contributed by atoms with Crippen molar-refractivity contribution in [3.05, 3.63) is 51.7 Å². The van der Waals surface area contributed by atoms with Gasteiger partial charge in [0.1, 0.15) is 5.75 Å². The van der Waals surface area contributed by atoms with Gasteiger partial charge in [-0.3, -0.25) is 4.79 Å². The molecule has 1 heterocycles. The number of nitrogens with zero attached hydrogens (tertiary/aromatic N) is 1. The number of hydrogen-bond acceptors (Lipinski definition) is 4. The van der Waals surface area contributed by atoms with Gasteiger partial charge in [0.05, 0.1) is 6.21 Å². The molecule has 0 spiro atoms. The lowest BCUT2D eigenvalue weighted by Crippen LogP contribution is -2.24. The number of hydrazone groups is 1. The Balaban J connectivity index is 1.86. The molecule has 2 aromatic rings. The van der Waals surface area contributed by atoms with Gasteiger partial charge in [-0.1, -0.05) is 32.0 Å². The van der Waals surface area contributed by atoms with Gasteiger partial charge >= 0.3 is 0 Å². The van der Waals surface area contributed by atoms with E-state index in [2.05, 4.69) is 24.4 Å². The molecule has 1 N–H and O–H groups in total. The van der Waals surface area contributed by atoms with E-state index in [9.17, 15) is 4.79 Å². The summed E-state index contributed by atoms with van der Waals surface area (Å²) in [4.78, 5) is 12.8. The maximum absolute atomic E-state index is 11.8. The molecule has 0 aliphatic carbocycles. The second-order valence-electron chi connectivity index (χ2n) is 5.24. The minimum Gasteiger partial charge on any atom is -0.483 e. The summed E-state index contributed by atoms with van der Waals surface area (Å²) < 4.78 is 5.59. The number of benzene rings is 1. The summed E-state index contributed by atoms with van der Waals surface area (Å²) in [6.07, 6.45) is 1.65. The minimum absolute atomic E-state index is 0.0511. The van der Waals surface area contributed by atoms with Gasteiger partial charge in [0.2, 0.25) is 0 Å². The Labute approximate surface area is 134 Å². The number of nitrogens with one attached hydrogen (secondary N) is 1. The highest BCUT2D eigenvalue weighted by Crippen LogP contribution is 2.25. The van der Waals surface area contributed by atoms with Gasteiger partial charge in [-0.25, -0.2) is 5.43 Å². The van der Waals surface area contributed by atoms with Gasteiger partial charge in [-0.05, 0) is 41.5 Å². The van der Waals surface area contributed by atoms with Crippen LogP contribution in [0.1, 0.15) is 35.8 Å². The molecule has 1 amide bonds. The van der Waals surface area contributed by atoms with E-state index in [4.69, 9.17) is 4.74 Å². The standard InChI is InChI=1S/C17H20N2O2S/c1-12(2)14-6-4-5-7-15(14)21-11-17(20)19-18-10-16-13(3)8-9-22-16/h4-10,12H,11H2,1-3H3,(H,19,20)/b18-10+. The van der Waals surface area contributed by atoms with E-state index >= 15 is 0 Å². The number of thiophene rings is 1. The lowest BCUT2D eigenvalue weighted by molar-refractivity contribution is -0.123. The first-order valence-corrected chi connectivity index (χ1v) is 8.03. The van der Waals surface area contributed by atoms with Crippen LogP contribution < -0.4 is 10.2 Å². The first-order chi connectivity index (χ1) is 10.6. The van der Waals surface area contributed by atoms with Crippen molar-refractivity contribution in [1.82, 2.24) is 5.43 Å². The number of aryl methyl sites for hydroxylation is 1. The summed E-state index contributed by atoms with van der Waals surface area (Å²) in [7, 11) is 0. The smallest absolute Gasteiger partial charge is 0.277 e. The van der Waals surface area contributed by atoms with Crippen LogP contribution in [0, 0.1) is 6.92 Å². The van der Waals surface area contributed by atoms with Crippen LogP contribution in [-0.2, 0) is 4.79 Å². The highest BCUT2D eigenvalue weighted by Gasteiger charge is 2.08. The van der Waals surface area contributed by atoms with Gasteiger partial charge in [-0.2, -0.15) is 5.10 Å². The van der Waals surface area contributed by atoms with Crippen molar-refractivity contribution in [2.45, 2.75) is 26.7 Å². The van der Waals surface area contributed by atoms with Crippen molar-refractivity contribution in [3.8, 4) is 5.75 Å². The Kier molecular flexibility index (Phi) is 5.72. The fourth-order valence-electron chi connectivity index (χ4n) is 1.94. The number of ether oxygens (including phenoxy) is 1. The van der Waals surface area contributed by atoms with Crippen LogP contribution >= 0.6 is 11.3 Å². The van der Waals surface area contributed by atoms with Crippen LogP contribution in [0.25, 0.3) is 0 Å². The van der Waals surface area contributed by atoms with Gasteiger partial charge in [0.15, 0.2) is 6.61 Å². The average molecular weight is 316 g/mol. The van der Waals surface area contributed by atoms with Crippen LogP contribution in [0.2, 0.25) is 0 Å². The molecule has 0 aliphatic rings. The van der Waals surface area contributed by atoms with Crippen molar-refractivity contribution < 1.29 is 9.53 Å². The van der Waals surface area contributed by atoms with Gasteiger partial charge < -0.3 is 4.74 Å². The zero-order chi connectivity index (χ0) is 15.9.